The fraction of sp³-hybridized carbons (Fsp3) is 0.440. The summed E-state index contributed by atoms with van der Waals surface area (Å²) in [6, 6.07) is 15.7. The van der Waals surface area contributed by atoms with Crippen molar-refractivity contribution in [2.24, 2.45) is 17.3 Å². The van der Waals surface area contributed by atoms with Crippen LogP contribution in [0.5, 0.6) is 0 Å². The van der Waals surface area contributed by atoms with Crippen LogP contribution < -0.4 is 5.32 Å². The Morgan fingerprint density at radius 2 is 1.78 bits per heavy atom. The monoisotopic (exact) mass is 466 g/mol. The molecule has 0 radical (unpaired) electrons. The molecule has 2 aromatic carbocycles. The molecule has 2 atom stereocenters. The van der Waals surface area contributed by atoms with Crippen molar-refractivity contribution in [3.63, 3.8) is 0 Å². The first-order valence-corrected chi connectivity index (χ1v) is 13.9. The number of amides is 1. The van der Waals surface area contributed by atoms with Crippen molar-refractivity contribution in [1.82, 2.24) is 4.98 Å². The number of carbonyl (C=O) groups excluding carboxylic acids is 1. The molecule has 0 saturated heterocycles. The van der Waals surface area contributed by atoms with Crippen LogP contribution in [0.15, 0.2) is 53.4 Å². The lowest BCUT2D eigenvalue weighted by atomic mass is 9.42. The molecule has 4 aliphatic carbocycles. The highest BCUT2D eigenvalue weighted by molar-refractivity contribution is 7.90. The third kappa shape index (κ3) is 3.20. The van der Waals surface area contributed by atoms with Gasteiger partial charge in [-0.15, -0.1) is 0 Å². The Balaban J connectivity index is 1.31. The Morgan fingerprint density at radius 3 is 2.47 bits per heavy atom. The smallest absolute Gasteiger partial charge is 0.232 e. The number of benzene rings is 2. The lowest BCUT2D eigenvalue weighted by Gasteiger charge is -2.61. The van der Waals surface area contributed by atoms with Crippen LogP contribution in [0, 0.1) is 17.3 Å². The van der Waals surface area contributed by atoms with Crippen molar-refractivity contribution in [1.29, 1.82) is 0 Å². The van der Waals surface area contributed by atoms with Gasteiger partial charge >= 0.3 is 0 Å². The summed E-state index contributed by atoms with van der Waals surface area (Å²) in [6.45, 7) is 0. The number of anilines is 1. The molecule has 1 amide bonds. The summed E-state index contributed by atoms with van der Waals surface area (Å²) in [5.41, 5.74) is 1.87. The first kappa shape index (κ1) is 20.4. The van der Waals surface area contributed by atoms with Gasteiger partial charge in [0.25, 0.3) is 0 Å². The molecular weight excluding hydrogens is 440 g/mol. The van der Waals surface area contributed by atoms with E-state index in [0.29, 0.717) is 22.5 Å². The van der Waals surface area contributed by atoms with Crippen molar-refractivity contribution in [3.8, 4) is 0 Å². The molecule has 32 heavy (non-hydrogen) atoms. The third-order valence-corrected chi connectivity index (χ3v) is 9.98. The third-order valence-electron chi connectivity index (χ3n) is 7.94. The van der Waals surface area contributed by atoms with Crippen LogP contribution in [-0.4, -0.2) is 25.6 Å². The number of rotatable bonds is 4. The predicted molar refractivity (Wildman–Crippen MR) is 127 cm³/mol. The van der Waals surface area contributed by atoms with Gasteiger partial charge in [-0.2, -0.15) is 0 Å². The summed E-state index contributed by atoms with van der Waals surface area (Å²) in [4.78, 5) is 18.5. The summed E-state index contributed by atoms with van der Waals surface area (Å²) in [5.74, 6) is 1.30. The van der Waals surface area contributed by atoms with Crippen LogP contribution in [0.2, 0.25) is 0 Å². The minimum Gasteiger partial charge on any atom is -0.301 e. The molecule has 1 heterocycles. The van der Waals surface area contributed by atoms with E-state index in [1.807, 2.05) is 0 Å². The van der Waals surface area contributed by atoms with Crippen LogP contribution in [-0.2, 0) is 20.0 Å². The molecule has 4 fully saturated rings. The Kier molecular flexibility index (Phi) is 4.37. The van der Waals surface area contributed by atoms with E-state index >= 15 is 0 Å². The predicted octanol–water partition coefficient (Wildman–Crippen LogP) is 5.18. The van der Waals surface area contributed by atoms with Gasteiger partial charge in [0, 0.05) is 6.26 Å². The van der Waals surface area contributed by atoms with E-state index in [-0.39, 0.29) is 21.6 Å². The second kappa shape index (κ2) is 6.87. The lowest BCUT2D eigenvalue weighted by molar-refractivity contribution is -0.143. The maximum atomic E-state index is 13.7. The molecule has 7 heteroatoms. The van der Waals surface area contributed by atoms with Gasteiger partial charge in [-0.05, 0) is 79.5 Å². The number of aromatic nitrogens is 1. The van der Waals surface area contributed by atoms with Gasteiger partial charge in [-0.1, -0.05) is 41.7 Å². The molecule has 1 aromatic heterocycles. The molecule has 4 saturated carbocycles. The summed E-state index contributed by atoms with van der Waals surface area (Å²) >= 11 is 1.35. The molecule has 0 aliphatic heterocycles. The Bertz CT molecular complexity index is 1320. The number of fused-ring (bicyclic) bond motifs is 1. The number of thiazole rings is 1. The van der Waals surface area contributed by atoms with Gasteiger partial charge in [-0.3, -0.25) is 4.79 Å². The van der Waals surface area contributed by atoms with Crippen molar-refractivity contribution in [3.05, 3.63) is 54.1 Å². The number of nitrogens with zero attached hydrogens (tertiary/aromatic N) is 1. The highest BCUT2D eigenvalue weighted by Crippen LogP contribution is 2.66. The molecular formula is C25H26N2O3S2. The SMILES string of the molecule is CS(=O)(=O)c1ccc2nc(NC(=O)C34CC5CC(C3)CC(c3ccccc3)(C5)C4)sc2c1. The average molecular weight is 467 g/mol. The molecule has 0 spiro atoms. The highest BCUT2D eigenvalue weighted by atomic mass is 32.2. The second-order valence-electron chi connectivity index (χ2n) is 10.3. The van der Waals surface area contributed by atoms with E-state index in [9.17, 15) is 13.2 Å². The van der Waals surface area contributed by atoms with Gasteiger partial charge in [0.1, 0.15) is 0 Å². The highest BCUT2D eigenvalue weighted by Gasteiger charge is 2.61. The van der Waals surface area contributed by atoms with Crippen molar-refractivity contribution in [2.45, 2.75) is 48.8 Å². The largest absolute Gasteiger partial charge is 0.301 e. The lowest BCUT2D eigenvalue weighted by Crippen LogP contribution is -2.57. The molecule has 1 N–H and O–H groups in total. The average Bonchev–Trinajstić information content (AvgIpc) is 3.14. The summed E-state index contributed by atoms with van der Waals surface area (Å²) in [7, 11) is -3.28. The maximum absolute atomic E-state index is 13.7. The first-order valence-electron chi connectivity index (χ1n) is 11.2. The van der Waals surface area contributed by atoms with E-state index in [4.69, 9.17) is 0 Å². The number of carbonyl (C=O) groups is 1. The van der Waals surface area contributed by atoms with Crippen LogP contribution in [0.4, 0.5) is 5.13 Å². The zero-order valence-electron chi connectivity index (χ0n) is 18.0. The molecule has 5 nitrogen and oxygen atoms in total. The molecule has 7 rings (SSSR count). The number of hydrogen-bond donors (Lipinski definition) is 1. The first-order chi connectivity index (χ1) is 15.2. The minimum atomic E-state index is -3.28. The van der Waals surface area contributed by atoms with E-state index in [2.05, 4.69) is 40.6 Å². The fourth-order valence-corrected chi connectivity index (χ4v) is 8.70. The molecule has 4 aliphatic rings. The molecule has 4 bridgehead atoms. The Labute approximate surface area is 192 Å². The van der Waals surface area contributed by atoms with Gasteiger partial charge in [0.15, 0.2) is 15.0 Å². The van der Waals surface area contributed by atoms with Crippen molar-refractivity contribution in [2.75, 3.05) is 11.6 Å². The van der Waals surface area contributed by atoms with E-state index in [1.54, 1.807) is 18.2 Å². The van der Waals surface area contributed by atoms with Gasteiger partial charge in [0.05, 0.1) is 20.5 Å². The summed E-state index contributed by atoms with van der Waals surface area (Å²) in [5, 5.41) is 3.69. The number of sulfone groups is 1. The Hall–Kier alpha value is -2.25. The maximum Gasteiger partial charge on any atom is 0.232 e. The number of hydrogen-bond acceptors (Lipinski definition) is 5. The van der Waals surface area contributed by atoms with E-state index in [1.165, 1.54) is 42.4 Å². The van der Waals surface area contributed by atoms with Crippen molar-refractivity contribution < 1.29 is 13.2 Å². The fourth-order valence-electron chi connectivity index (χ4n) is 7.08. The minimum absolute atomic E-state index is 0.0919. The quantitative estimate of drug-likeness (QED) is 0.575. The van der Waals surface area contributed by atoms with Crippen LogP contribution >= 0.6 is 11.3 Å². The number of nitrogens with one attached hydrogen (secondary N) is 1. The molecule has 2 unspecified atom stereocenters. The van der Waals surface area contributed by atoms with Crippen LogP contribution in [0.1, 0.15) is 44.1 Å². The summed E-state index contributed by atoms with van der Waals surface area (Å²) in [6.07, 6.45) is 7.68. The molecule has 166 valence electrons. The molecule has 3 aromatic rings. The van der Waals surface area contributed by atoms with E-state index in [0.717, 1.165) is 24.0 Å². The van der Waals surface area contributed by atoms with E-state index < -0.39 is 9.84 Å². The topological polar surface area (TPSA) is 76.1 Å². The normalized spacial score (nSPS) is 31.2. The zero-order chi connectivity index (χ0) is 22.1. The van der Waals surface area contributed by atoms with Gasteiger partial charge in [0.2, 0.25) is 5.91 Å². The van der Waals surface area contributed by atoms with Gasteiger partial charge in [-0.25, -0.2) is 13.4 Å². The zero-order valence-corrected chi connectivity index (χ0v) is 19.6. The van der Waals surface area contributed by atoms with Gasteiger partial charge < -0.3 is 5.32 Å². The van der Waals surface area contributed by atoms with Crippen molar-refractivity contribution >= 4 is 42.4 Å². The summed E-state index contributed by atoms with van der Waals surface area (Å²) < 4.78 is 24.5. The second-order valence-corrected chi connectivity index (χ2v) is 13.3. The standard InChI is InChI=1S/C25H26N2O3S2/c1-32(29,30)19-7-8-20-21(10-19)31-23(26-20)27-22(28)25-13-16-9-17(14-25)12-24(11-16,15-25)18-5-3-2-4-6-18/h2-8,10,16-17H,9,11-15H2,1H3,(H,26,27,28). The van der Waals surface area contributed by atoms with Crippen LogP contribution in [0.3, 0.4) is 0 Å². The Morgan fingerprint density at radius 1 is 1.06 bits per heavy atom. The van der Waals surface area contributed by atoms with Crippen LogP contribution in [0.25, 0.3) is 10.2 Å².